The topological polar surface area (TPSA) is 41.6 Å². The van der Waals surface area contributed by atoms with Crippen LogP contribution in [0.2, 0.25) is 0 Å². The van der Waals surface area contributed by atoms with Crippen molar-refractivity contribution in [3.8, 4) is 0 Å². The predicted molar refractivity (Wildman–Crippen MR) is 66.6 cm³/mol. The first-order chi connectivity index (χ1) is 7.07. The lowest BCUT2D eigenvalue weighted by Gasteiger charge is -2.31. The summed E-state index contributed by atoms with van der Waals surface area (Å²) in [6.45, 7) is 11.4. The van der Waals surface area contributed by atoms with Crippen LogP contribution in [0.3, 0.4) is 0 Å². The van der Waals surface area contributed by atoms with E-state index in [-0.39, 0.29) is 11.5 Å². The Morgan fingerprint density at radius 1 is 1.25 bits per heavy atom. The van der Waals surface area contributed by atoms with Crippen molar-refractivity contribution >= 4 is 6.09 Å². The maximum absolute atomic E-state index is 11.7. The molecule has 0 rings (SSSR count). The van der Waals surface area contributed by atoms with E-state index in [0.717, 1.165) is 6.54 Å². The number of nitrogens with one attached hydrogen (secondary N) is 1. The first-order valence-corrected chi connectivity index (χ1v) is 5.66. The average Bonchev–Trinajstić information content (AvgIpc) is 1.99. The lowest BCUT2D eigenvalue weighted by molar-refractivity contribution is 0.0237. The molecule has 0 unspecified atom stereocenters. The Bertz CT molecular complexity index is 232. The van der Waals surface area contributed by atoms with Crippen LogP contribution < -0.4 is 5.32 Å². The Hall–Kier alpha value is -0.770. The molecule has 4 heteroatoms. The van der Waals surface area contributed by atoms with Gasteiger partial charge >= 0.3 is 6.09 Å². The molecule has 0 aliphatic carbocycles. The molecular formula is C12H26N2O2. The van der Waals surface area contributed by atoms with Crippen molar-refractivity contribution in [2.24, 2.45) is 5.41 Å². The van der Waals surface area contributed by atoms with Crippen LogP contribution in [0.25, 0.3) is 0 Å². The SMILES string of the molecule is CNCC(C)(C)CN(C)C(=O)OC(C)(C)C. The molecule has 0 aliphatic heterocycles. The first-order valence-electron chi connectivity index (χ1n) is 5.66. The Kier molecular flexibility index (Phi) is 5.26. The number of hydrogen-bond acceptors (Lipinski definition) is 3. The maximum atomic E-state index is 11.7. The second kappa shape index (κ2) is 5.53. The Labute approximate surface area is 99.3 Å². The van der Waals surface area contributed by atoms with Gasteiger partial charge in [-0.2, -0.15) is 0 Å². The van der Waals surface area contributed by atoms with Gasteiger partial charge in [0.05, 0.1) is 0 Å². The molecule has 0 bridgehead atoms. The first kappa shape index (κ1) is 15.2. The molecule has 0 saturated heterocycles. The monoisotopic (exact) mass is 230 g/mol. The largest absolute Gasteiger partial charge is 0.444 e. The summed E-state index contributed by atoms with van der Waals surface area (Å²) in [7, 11) is 3.68. The van der Waals surface area contributed by atoms with E-state index in [0.29, 0.717) is 6.54 Å². The van der Waals surface area contributed by atoms with Crippen molar-refractivity contribution in [1.29, 1.82) is 0 Å². The van der Waals surface area contributed by atoms with Crippen LogP contribution in [-0.2, 0) is 4.74 Å². The zero-order valence-electron chi connectivity index (χ0n) is 11.7. The summed E-state index contributed by atoms with van der Waals surface area (Å²) in [6, 6.07) is 0. The van der Waals surface area contributed by atoms with E-state index in [1.165, 1.54) is 0 Å². The number of carbonyl (C=O) groups is 1. The van der Waals surface area contributed by atoms with Gasteiger partial charge in [-0.3, -0.25) is 0 Å². The van der Waals surface area contributed by atoms with Crippen LogP contribution in [0, 0.1) is 5.41 Å². The summed E-state index contributed by atoms with van der Waals surface area (Å²) in [5.74, 6) is 0. The quantitative estimate of drug-likeness (QED) is 0.804. The van der Waals surface area contributed by atoms with E-state index in [1.807, 2.05) is 27.8 Å². The molecule has 0 aromatic carbocycles. The van der Waals surface area contributed by atoms with Crippen molar-refractivity contribution in [3.05, 3.63) is 0 Å². The van der Waals surface area contributed by atoms with Gasteiger partial charge < -0.3 is 15.0 Å². The van der Waals surface area contributed by atoms with E-state index < -0.39 is 5.60 Å². The van der Waals surface area contributed by atoms with E-state index in [2.05, 4.69) is 19.2 Å². The maximum Gasteiger partial charge on any atom is 0.410 e. The zero-order chi connectivity index (χ0) is 13.0. The van der Waals surface area contributed by atoms with Crippen molar-refractivity contribution < 1.29 is 9.53 Å². The number of ether oxygens (including phenoxy) is 1. The van der Waals surface area contributed by atoms with Gasteiger partial charge in [-0.25, -0.2) is 4.79 Å². The second-order valence-electron chi connectivity index (χ2n) is 6.03. The van der Waals surface area contributed by atoms with Gasteiger partial charge in [0.2, 0.25) is 0 Å². The van der Waals surface area contributed by atoms with Gasteiger partial charge in [0.1, 0.15) is 5.60 Å². The van der Waals surface area contributed by atoms with Crippen molar-refractivity contribution in [2.75, 3.05) is 27.2 Å². The van der Waals surface area contributed by atoms with Crippen LogP contribution in [0.5, 0.6) is 0 Å². The molecule has 4 nitrogen and oxygen atoms in total. The fourth-order valence-electron chi connectivity index (χ4n) is 1.58. The van der Waals surface area contributed by atoms with Crippen LogP contribution in [-0.4, -0.2) is 43.8 Å². The van der Waals surface area contributed by atoms with E-state index in [4.69, 9.17) is 4.74 Å². The average molecular weight is 230 g/mol. The van der Waals surface area contributed by atoms with Crippen molar-refractivity contribution in [2.45, 2.75) is 40.2 Å². The Morgan fingerprint density at radius 2 is 1.75 bits per heavy atom. The van der Waals surface area contributed by atoms with Crippen LogP contribution in [0.1, 0.15) is 34.6 Å². The molecule has 0 aromatic heterocycles. The van der Waals surface area contributed by atoms with Gasteiger partial charge in [0.25, 0.3) is 0 Å². The number of rotatable bonds is 4. The molecule has 0 aromatic rings. The molecule has 0 radical (unpaired) electrons. The highest BCUT2D eigenvalue weighted by molar-refractivity contribution is 5.67. The van der Waals surface area contributed by atoms with Gasteiger partial charge in [-0.1, -0.05) is 13.8 Å². The summed E-state index contributed by atoms with van der Waals surface area (Å²) in [6.07, 6.45) is -0.267. The smallest absolute Gasteiger partial charge is 0.410 e. The summed E-state index contributed by atoms with van der Waals surface area (Å²) in [5.41, 5.74) is -0.390. The van der Waals surface area contributed by atoms with Crippen LogP contribution in [0.15, 0.2) is 0 Å². The summed E-state index contributed by atoms with van der Waals surface area (Å²) in [5, 5.41) is 3.12. The van der Waals surface area contributed by atoms with Gasteiger partial charge in [0.15, 0.2) is 0 Å². The summed E-state index contributed by atoms with van der Waals surface area (Å²) >= 11 is 0. The standard InChI is InChI=1S/C12H26N2O2/c1-11(2,3)16-10(15)14(7)9-12(4,5)8-13-6/h13H,8-9H2,1-7H3. The third-order valence-electron chi connectivity index (χ3n) is 2.03. The van der Waals surface area contributed by atoms with Gasteiger partial charge in [-0.15, -0.1) is 0 Å². The number of carbonyl (C=O) groups excluding carboxylic acids is 1. The summed E-state index contributed by atoms with van der Waals surface area (Å²) < 4.78 is 5.29. The number of hydrogen-bond donors (Lipinski definition) is 1. The molecule has 1 amide bonds. The summed E-state index contributed by atoms with van der Waals surface area (Å²) in [4.78, 5) is 13.4. The fourth-order valence-corrected chi connectivity index (χ4v) is 1.58. The van der Waals surface area contributed by atoms with E-state index in [1.54, 1.807) is 11.9 Å². The van der Waals surface area contributed by atoms with Gasteiger partial charge in [0, 0.05) is 20.1 Å². The minimum Gasteiger partial charge on any atom is -0.444 e. The molecule has 0 aliphatic rings. The fraction of sp³-hybridized carbons (Fsp3) is 0.917. The number of amides is 1. The van der Waals surface area contributed by atoms with E-state index >= 15 is 0 Å². The minimum atomic E-state index is -0.432. The Balaban J connectivity index is 4.25. The van der Waals surface area contributed by atoms with Crippen LogP contribution >= 0.6 is 0 Å². The van der Waals surface area contributed by atoms with Crippen molar-refractivity contribution in [1.82, 2.24) is 10.2 Å². The second-order valence-corrected chi connectivity index (χ2v) is 6.03. The molecule has 16 heavy (non-hydrogen) atoms. The highest BCUT2D eigenvalue weighted by Crippen LogP contribution is 2.17. The van der Waals surface area contributed by atoms with E-state index in [9.17, 15) is 4.79 Å². The predicted octanol–water partition coefficient (Wildman–Crippen LogP) is 2.10. The highest BCUT2D eigenvalue weighted by Gasteiger charge is 2.25. The molecule has 0 spiro atoms. The molecule has 0 atom stereocenters. The van der Waals surface area contributed by atoms with Crippen LogP contribution in [0.4, 0.5) is 4.79 Å². The number of nitrogens with zero attached hydrogens (tertiary/aromatic N) is 1. The van der Waals surface area contributed by atoms with Gasteiger partial charge in [-0.05, 0) is 33.2 Å². The zero-order valence-corrected chi connectivity index (χ0v) is 11.7. The lowest BCUT2D eigenvalue weighted by Crippen LogP contribution is -2.42. The van der Waals surface area contributed by atoms with Crippen molar-refractivity contribution in [3.63, 3.8) is 0 Å². The third-order valence-corrected chi connectivity index (χ3v) is 2.03. The highest BCUT2D eigenvalue weighted by atomic mass is 16.6. The molecule has 1 N–H and O–H groups in total. The lowest BCUT2D eigenvalue weighted by atomic mass is 9.93. The normalized spacial score (nSPS) is 12.4. The molecule has 0 fully saturated rings. The molecule has 96 valence electrons. The Morgan fingerprint density at radius 3 is 2.12 bits per heavy atom. The minimum absolute atomic E-state index is 0.0421. The third kappa shape index (κ3) is 6.67. The molecule has 0 saturated carbocycles. The molecule has 0 heterocycles. The molecular weight excluding hydrogens is 204 g/mol.